The van der Waals surface area contributed by atoms with Crippen LogP contribution in [0.15, 0.2) is 36.4 Å². The van der Waals surface area contributed by atoms with Gasteiger partial charge in [0, 0.05) is 5.56 Å². The summed E-state index contributed by atoms with van der Waals surface area (Å²) in [5.41, 5.74) is 0.866. The Labute approximate surface area is 174 Å². The smallest absolute Gasteiger partial charge is 0.233 e. The molecule has 0 radical (unpaired) electrons. The minimum atomic E-state index is -0.184. The molecule has 0 N–H and O–H groups in total. The van der Waals surface area contributed by atoms with Gasteiger partial charge in [0.05, 0.1) is 40.7 Å². The van der Waals surface area contributed by atoms with E-state index in [4.69, 9.17) is 23.7 Å². The van der Waals surface area contributed by atoms with Gasteiger partial charge in [-0.15, -0.1) is 11.8 Å². The van der Waals surface area contributed by atoms with Crippen LogP contribution in [0.5, 0.6) is 28.7 Å². The second-order valence-corrected chi connectivity index (χ2v) is 7.27. The number of thioether (sulfide) groups is 1. The lowest BCUT2D eigenvalue weighted by Crippen LogP contribution is -2.32. The second-order valence-electron chi connectivity index (χ2n) is 6.20. The average molecular weight is 419 g/mol. The number of amides is 1. The first-order chi connectivity index (χ1) is 14.1. The standard InChI is InChI=1S/C21H25NO6S/c1-24-14-5-7-15(8-6-14)28-12-11-22-18(23)13-29-21(22)16-9-10-17(25-2)20(27-4)19(16)26-3/h5-10,21H,11-13H2,1-4H3. The average Bonchev–Trinajstić information content (AvgIpc) is 3.13. The molecule has 0 saturated carbocycles. The maximum absolute atomic E-state index is 12.5. The molecule has 1 aliphatic rings. The first kappa shape index (κ1) is 21.0. The second kappa shape index (κ2) is 9.65. The first-order valence-corrected chi connectivity index (χ1v) is 10.1. The molecule has 0 spiro atoms. The van der Waals surface area contributed by atoms with Crippen LogP contribution in [0, 0.1) is 0 Å². The van der Waals surface area contributed by atoms with Gasteiger partial charge in [-0.1, -0.05) is 0 Å². The third-order valence-corrected chi connectivity index (χ3v) is 5.87. The largest absolute Gasteiger partial charge is 0.497 e. The zero-order valence-electron chi connectivity index (χ0n) is 17.0. The molecule has 1 amide bonds. The highest BCUT2D eigenvalue weighted by Gasteiger charge is 2.35. The van der Waals surface area contributed by atoms with Gasteiger partial charge in [-0.05, 0) is 36.4 Å². The zero-order valence-corrected chi connectivity index (χ0v) is 17.8. The summed E-state index contributed by atoms with van der Waals surface area (Å²) in [7, 11) is 6.35. The molecule has 29 heavy (non-hydrogen) atoms. The minimum Gasteiger partial charge on any atom is -0.497 e. The quantitative estimate of drug-likeness (QED) is 0.617. The van der Waals surface area contributed by atoms with Crippen LogP contribution in [-0.2, 0) is 4.79 Å². The molecule has 3 rings (SSSR count). The fraction of sp³-hybridized carbons (Fsp3) is 0.381. The number of rotatable bonds is 9. The molecular weight excluding hydrogens is 394 g/mol. The molecule has 0 bridgehead atoms. The number of nitrogens with zero attached hydrogens (tertiary/aromatic N) is 1. The van der Waals surface area contributed by atoms with E-state index < -0.39 is 0 Å². The topological polar surface area (TPSA) is 66.5 Å². The van der Waals surface area contributed by atoms with E-state index in [9.17, 15) is 4.79 Å². The van der Waals surface area contributed by atoms with Gasteiger partial charge in [-0.3, -0.25) is 4.79 Å². The Kier molecular flexibility index (Phi) is 6.98. The van der Waals surface area contributed by atoms with Crippen LogP contribution >= 0.6 is 11.8 Å². The van der Waals surface area contributed by atoms with Crippen molar-refractivity contribution in [1.29, 1.82) is 0 Å². The van der Waals surface area contributed by atoms with Crippen molar-refractivity contribution in [3.8, 4) is 28.7 Å². The third kappa shape index (κ3) is 4.48. The lowest BCUT2D eigenvalue weighted by molar-refractivity contribution is -0.128. The van der Waals surface area contributed by atoms with Gasteiger partial charge in [0.15, 0.2) is 11.5 Å². The van der Waals surface area contributed by atoms with E-state index in [0.717, 1.165) is 17.1 Å². The first-order valence-electron chi connectivity index (χ1n) is 9.09. The summed E-state index contributed by atoms with van der Waals surface area (Å²) in [5, 5.41) is -0.184. The summed E-state index contributed by atoms with van der Waals surface area (Å²) >= 11 is 1.55. The molecule has 1 heterocycles. The Balaban J connectivity index is 1.74. The van der Waals surface area contributed by atoms with Crippen LogP contribution in [0.3, 0.4) is 0 Å². The van der Waals surface area contributed by atoms with Crippen LogP contribution in [-0.4, -0.2) is 58.2 Å². The van der Waals surface area contributed by atoms with E-state index in [1.807, 2.05) is 36.4 Å². The molecule has 1 unspecified atom stereocenters. The summed E-state index contributed by atoms with van der Waals surface area (Å²) < 4.78 is 27.4. The molecular formula is C21H25NO6S. The predicted octanol–water partition coefficient (Wildman–Crippen LogP) is 3.37. The summed E-state index contributed by atoms with van der Waals surface area (Å²) in [4.78, 5) is 14.3. The molecule has 1 fully saturated rings. The van der Waals surface area contributed by atoms with Gasteiger partial charge in [0.2, 0.25) is 11.7 Å². The van der Waals surface area contributed by atoms with Gasteiger partial charge in [0.1, 0.15) is 23.5 Å². The number of methoxy groups -OCH3 is 4. The highest BCUT2D eigenvalue weighted by Crippen LogP contribution is 2.48. The normalized spacial score (nSPS) is 15.9. The Hall–Kier alpha value is -2.74. The number of ether oxygens (including phenoxy) is 5. The minimum absolute atomic E-state index is 0.0650. The number of carbonyl (C=O) groups is 1. The van der Waals surface area contributed by atoms with Crippen LogP contribution in [0.25, 0.3) is 0 Å². The number of hydrogen-bond donors (Lipinski definition) is 0. The van der Waals surface area contributed by atoms with Crippen molar-refractivity contribution >= 4 is 17.7 Å². The fourth-order valence-corrected chi connectivity index (χ4v) is 4.44. The lowest BCUT2D eigenvalue weighted by atomic mass is 10.1. The van der Waals surface area contributed by atoms with E-state index in [-0.39, 0.29) is 11.3 Å². The molecule has 8 heteroatoms. The Bertz CT molecular complexity index is 842. The monoisotopic (exact) mass is 419 g/mol. The maximum Gasteiger partial charge on any atom is 0.233 e. The Morgan fingerprint density at radius 2 is 1.59 bits per heavy atom. The summed E-state index contributed by atoms with van der Waals surface area (Å²) in [6.45, 7) is 0.838. The van der Waals surface area contributed by atoms with E-state index in [0.29, 0.717) is 36.2 Å². The molecule has 7 nitrogen and oxygen atoms in total. The highest BCUT2D eigenvalue weighted by molar-refractivity contribution is 8.00. The van der Waals surface area contributed by atoms with E-state index in [2.05, 4.69) is 0 Å². The SMILES string of the molecule is COc1ccc(OCCN2C(=O)CSC2c2ccc(OC)c(OC)c2OC)cc1. The summed E-state index contributed by atoms with van der Waals surface area (Å²) in [5.74, 6) is 3.63. The van der Waals surface area contributed by atoms with Crippen molar-refractivity contribution in [1.82, 2.24) is 4.90 Å². The van der Waals surface area contributed by atoms with Crippen LogP contribution < -0.4 is 23.7 Å². The lowest BCUT2D eigenvalue weighted by Gasteiger charge is -2.26. The van der Waals surface area contributed by atoms with E-state index in [1.165, 1.54) is 0 Å². The van der Waals surface area contributed by atoms with Crippen LogP contribution in [0.1, 0.15) is 10.9 Å². The van der Waals surface area contributed by atoms with E-state index >= 15 is 0 Å². The Morgan fingerprint density at radius 1 is 0.897 bits per heavy atom. The van der Waals surface area contributed by atoms with Gasteiger partial charge < -0.3 is 28.6 Å². The predicted molar refractivity (Wildman–Crippen MR) is 111 cm³/mol. The van der Waals surface area contributed by atoms with Gasteiger partial charge >= 0.3 is 0 Å². The molecule has 1 saturated heterocycles. The Morgan fingerprint density at radius 3 is 2.21 bits per heavy atom. The molecule has 0 aromatic heterocycles. The zero-order chi connectivity index (χ0) is 20.8. The summed E-state index contributed by atoms with van der Waals surface area (Å²) in [6.07, 6.45) is 0. The van der Waals surface area contributed by atoms with Gasteiger partial charge in [-0.25, -0.2) is 0 Å². The maximum atomic E-state index is 12.5. The van der Waals surface area contributed by atoms with Crippen molar-refractivity contribution in [2.24, 2.45) is 0 Å². The molecule has 1 atom stereocenters. The number of hydrogen-bond acceptors (Lipinski definition) is 7. The molecule has 0 aliphatic carbocycles. The van der Waals surface area contributed by atoms with Crippen LogP contribution in [0.2, 0.25) is 0 Å². The number of benzene rings is 2. The number of carbonyl (C=O) groups excluding carboxylic acids is 1. The van der Waals surface area contributed by atoms with Crippen molar-refractivity contribution in [2.75, 3.05) is 47.3 Å². The molecule has 2 aromatic rings. The summed E-state index contributed by atoms with van der Waals surface area (Å²) in [6, 6.07) is 11.1. The van der Waals surface area contributed by atoms with Gasteiger partial charge in [-0.2, -0.15) is 0 Å². The van der Waals surface area contributed by atoms with Gasteiger partial charge in [0.25, 0.3) is 0 Å². The fourth-order valence-electron chi connectivity index (χ4n) is 3.21. The highest BCUT2D eigenvalue weighted by atomic mass is 32.2. The van der Waals surface area contributed by atoms with Crippen molar-refractivity contribution in [3.05, 3.63) is 42.0 Å². The molecule has 156 valence electrons. The third-order valence-electron chi connectivity index (χ3n) is 4.63. The van der Waals surface area contributed by atoms with Crippen molar-refractivity contribution < 1.29 is 28.5 Å². The van der Waals surface area contributed by atoms with Crippen molar-refractivity contribution in [3.63, 3.8) is 0 Å². The van der Waals surface area contributed by atoms with Crippen molar-refractivity contribution in [2.45, 2.75) is 5.37 Å². The van der Waals surface area contributed by atoms with Crippen LogP contribution in [0.4, 0.5) is 0 Å². The molecule has 2 aromatic carbocycles. The van der Waals surface area contributed by atoms with E-state index in [1.54, 1.807) is 45.1 Å². The molecule has 1 aliphatic heterocycles.